The maximum atomic E-state index is 12.8. The average molecular weight is 299 g/mol. The van der Waals surface area contributed by atoms with Crippen LogP contribution in [0, 0.1) is 5.82 Å². The Morgan fingerprint density at radius 2 is 1.58 bits per heavy atom. The molecule has 2 rings (SSSR count). The Balaban J connectivity index is 2.54. The summed E-state index contributed by atoms with van der Waals surface area (Å²) in [5, 5.41) is 0. The predicted octanol–water partition coefficient (Wildman–Crippen LogP) is 2.98. The Bertz CT molecular complexity index is 724. The SMILES string of the molecule is O=C(c1ccc(F)cc1)c1ccccc1S(=O)(=O)Cl. The highest BCUT2D eigenvalue weighted by Gasteiger charge is 2.20. The fourth-order valence-electron chi connectivity index (χ4n) is 1.62. The Kier molecular flexibility index (Phi) is 3.68. The average Bonchev–Trinajstić information content (AvgIpc) is 2.38. The molecule has 0 heterocycles. The molecule has 0 fully saturated rings. The van der Waals surface area contributed by atoms with E-state index in [0.717, 1.165) is 12.1 Å². The molecule has 19 heavy (non-hydrogen) atoms. The smallest absolute Gasteiger partial charge is 0.262 e. The van der Waals surface area contributed by atoms with E-state index in [1.807, 2.05) is 0 Å². The zero-order valence-electron chi connectivity index (χ0n) is 9.51. The standard InChI is InChI=1S/C13H8ClFO3S/c14-19(17,18)12-4-2-1-3-11(12)13(16)9-5-7-10(15)8-6-9/h1-8H. The van der Waals surface area contributed by atoms with Crippen LogP contribution in [0.25, 0.3) is 0 Å². The second-order valence-corrected chi connectivity index (χ2v) is 6.30. The highest BCUT2D eigenvalue weighted by Crippen LogP contribution is 2.22. The van der Waals surface area contributed by atoms with E-state index in [0.29, 0.717) is 0 Å². The summed E-state index contributed by atoms with van der Waals surface area (Å²) < 4.78 is 35.6. The second-order valence-electron chi connectivity index (χ2n) is 3.77. The zero-order valence-corrected chi connectivity index (χ0v) is 11.1. The summed E-state index contributed by atoms with van der Waals surface area (Å²) in [7, 11) is 1.26. The van der Waals surface area contributed by atoms with Crippen molar-refractivity contribution in [1.29, 1.82) is 0 Å². The summed E-state index contributed by atoms with van der Waals surface area (Å²) >= 11 is 0. The van der Waals surface area contributed by atoms with E-state index in [2.05, 4.69) is 0 Å². The molecule has 2 aromatic carbocycles. The lowest BCUT2D eigenvalue weighted by molar-refractivity contribution is 0.103. The molecule has 0 radical (unpaired) electrons. The highest BCUT2D eigenvalue weighted by atomic mass is 35.7. The van der Waals surface area contributed by atoms with Crippen LogP contribution in [0.3, 0.4) is 0 Å². The molecule has 2 aromatic rings. The van der Waals surface area contributed by atoms with Crippen molar-refractivity contribution < 1.29 is 17.6 Å². The van der Waals surface area contributed by atoms with Gasteiger partial charge in [0, 0.05) is 21.8 Å². The Hall–Kier alpha value is -1.72. The van der Waals surface area contributed by atoms with Crippen LogP contribution in [-0.4, -0.2) is 14.2 Å². The lowest BCUT2D eigenvalue weighted by Gasteiger charge is -2.05. The van der Waals surface area contributed by atoms with Crippen LogP contribution < -0.4 is 0 Å². The molecule has 0 saturated heterocycles. The van der Waals surface area contributed by atoms with E-state index in [4.69, 9.17) is 10.7 Å². The van der Waals surface area contributed by atoms with E-state index >= 15 is 0 Å². The van der Waals surface area contributed by atoms with Gasteiger partial charge < -0.3 is 0 Å². The lowest BCUT2D eigenvalue weighted by atomic mass is 10.0. The third-order valence-electron chi connectivity index (χ3n) is 2.50. The third-order valence-corrected chi connectivity index (χ3v) is 3.88. The summed E-state index contributed by atoms with van der Waals surface area (Å²) in [6.07, 6.45) is 0. The van der Waals surface area contributed by atoms with E-state index in [1.165, 1.54) is 36.4 Å². The largest absolute Gasteiger partial charge is 0.289 e. The van der Waals surface area contributed by atoms with E-state index in [-0.39, 0.29) is 16.0 Å². The summed E-state index contributed by atoms with van der Waals surface area (Å²) in [4.78, 5) is 11.9. The highest BCUT2D eigenvalue weighted by molar-refractivity contribution is 8.13. The van der Waals surface area contributed by atoms with Crippen LogP contribution in [0.1, 0.15) is 15.9 Å². The topological polar surface area (TPSA) is 51.2 Å². The maximum absolute atomic E-state index is 12.8. The van der Waals surface area contributed by atoms with Crippen molar-refractivity contribution in [3.05, 3.63) is 65.5 Å². The number of carbonyl (C=O) groups is 1. The van der Waals surface area contributed by atoms with Crippen molar-refractivity contribution in [2.24, 2.45) is 0 Å². The minimum atomic E-state index is -4.02. The van der Waals surface area contributed by atoms with Gasteiger partial charge >= 0.3 is 0 Å². The molecule has 3 nitrogen and oxygen atoms in total. The molecule has 0 aliphatic heterocycles. The Morgan fingerprint density at radius 1 is 1.00 bits per heavy atom. The lowest BCUT2D eigenvalue weighted by Crippen LogP contribution is -2.07. The minimum absolute atomic E-state index is 0.0379. The van der Waals surface area contributed by atoms with Crippen molar-refractivity contribution in [2.75, 3.05) is 0 Å². The number of carbonyl (C=O) groups excluding carboxylic acids is 1. The number of benzene rings is 2. The first-order valence-corrected chi connectivity index (χ1v) is 7.54. The molecule has 0 aliphatic carbocycles. The molecule has 0 N–H and O–H groups in total. The zero-order chi connectivity index (χ0) is 14.0. The van der Waals surface area contributed by atoms with Gasteiger partial charge in [-0.3, -0.25) is 4.79 Å². The Labute approximate surface area is 114 Å². The number of hydrogen-bond donors (Lipinski definition) is 0. The molecule has 0 amide bonds. The molecule has 0 unspecified atom stereocenters. The summed E-state index contributed by atoms with van der Waals surface area (Å²) in [5.41, 5.74) is 0.151. The molecule has 0 bridgehead atoms. The van der Waals surface area contributed by atoms with Crippen molar-refractivity contribution in [3.8, 4) is 0 Å². The summed E-state index contributed by atoms with van der Waals surface area (Å²) in [6.45, 7) is 0. The molecule has 0 aromatic heterocycles. The van der Waals surface area contributed by atoms with Crippen LogP contribution in [0.5, 0.6) is 0 Å². The van der Waals surface area contributed by atoms with Gasteiger partial charge in [-0.05, 0) is 36.4 Å². The predicted molar refractivity (Wildman–Crippen MR) is 69.3 cm³/mol. The fourth-order valence-corrected chi connectivity index (χ4v) is 2.69. The molecule has 0 saturated carbocycles. The maximum Gasteiger partial charge on any atom is 0.262 e. The van der Waals surface area contributed by atoms with Crippen molar-refractivity contribution in [3.63, 3.8) is 0 Å². The first kappa shape index (κ1) is 13.7. The van der Waals surface area contributed by atoms with Gasteiger partial charge in [-0.2, -0.15) is 0 Å². The normalized spacial score (nSPS) is 11.3. The molecular formula is C13H8ClFO3S. The van der Waals surface area contributed by atoms with Crippen LogP contribution in [0.2, 0.25) is 0 Å². The number of ketones is 1. The van der Waals surface area contributed by atoms with Crippen LogP contribution in [-0.2, 0) is 9.05 Å². The number of halogens is 2. The van der Waals surface area contributed by atoms with Crippen LogP contribution >= 0.6 is 10.7 Å². The van der Waals surface area contributed by atoms with Crippen LogP contribution in [0.15, 0.2) is 53.4 Å². The Morgan fingerprint density at radius 3 is 2.16 bits per heavy atom. The summed E-state index contributed by atoms with van der Waals surface area (Å²) in [5.74, 6) is -1.00. The third kappa shape index (κ3) is 3.00. The first-order valence-electron chi connectivity index (χ1n) is 5.23. The molecule has 98 valence electrons. The van der Waals surface area contributed by atoms with Crippen molar-refractivity contribution >= 4 is 25.5 Å². The van der Waals surface area contributed by atoms with E-state index in [9.17, 15) is 17.6 Å². The van der Waals surface area contributed by atoms with E-state index < -0.39 is 20.7 Å². The molecule has 0 aliphatic rings. The monoisotopic (exact) mass is 298 g/mol. The van der Waals surface area contributed by atoms with Gasteiger partial charge in [-0.25, -0.2) is 12.8 Å². The van der Waals surface area contributed by atoms with Crippen LogP contribution in [0.4, 0.5) is 4.39 Å². The van der Waals surface area contributed by atoms with Crippen molar-refractivity contribution in [1.82, 2.24) is 0 Å². The number of rotatable bonds is 3. The van der Waals surface area contributed by atoms with Gasteiger partial charge in [-0.1, -0.05) is 12.1 Å². The molecule has 0 atom stereocenters. The summed E-state index contributed by atoms with van der Waals surface area (Å²) in [6, 6.07) is 10.4. The fraction of sp³-hybridized carbons (Fsp3) is 0. The van der Waals surface area contributed by atoms with Gasteiger partial charge in [0.25, 0.3) is 9.05 Å². The first-order chi connectivity index (χ1) is 8.89. The van der Waals surface area contributed by atoms with Gasteiger partial charge in [0.1, 0.15) is 5.82 Å². The van der Waals surface area contributed by atoms with Gasteiger partial charge in [0.2, 0.25) is 0 Å². The van der Waals surface area contributed by atoms with Crippen molar-refractivity contribution in [2.45, 2.75) is 4.90 Å². The minimum Gasteiger partial charge on any atom is -0.289 e. The van der Waals surface area contributed by atoms with Gasteiger partial charge in [0.05, 0.1) is 4.90 Å². The quantitative estimate of drug-likeness (QED) is 0.646. The molecular weight excluding hydrogens is 291 g/mol. The van der Waals surface area contributed by atoms with E-state index in [1.54, 1.807) is 0 Å². The second kappa shape index (κ2) is 5.11. The van der Waals surface area contributed by atoms with Gasteiger partial charge in [-0.15, -0.1) is 0 Å². The van der Waals surface area contributed by atoms with Gasteiger partial charge in [0.15, 0.2) is 5.78 Å². The molecule has 0 spiro atoms. The number of hydrogen-bond acceptors (Lipinski definition) is 3. The molecule has 6 heteroatoms.